The van der Waals surface area contributed by atoms with Crippen LogP contribution in [0.5, 0.6) is 0 Å². The zero-order valence-electron chi connectivity index (χ0n) is 9.50. The molecule has 2 N–H and O–H groups in total. The molecule has 17 heavy (non-hydrogen) atoms. The Bertz CT molecular complexity index is 551. The number of halogens is 2. The van der Waals surface area contributed by atoms with E-state index in [0.717, 1.165) is 25.6 Å². The second-order valence-corrected chi connectivity index (χ2v) is 6.20. The number of nitrogens with zero attached hydrogens (tertiary/aromatic N) is 1. The molecule has 0 saturated heterocycles. The molecular weight excluding hydrogens is 320 g/mol. The summed E-state index contributed by atoms with van der Waals surface area (Å²) in [6, 6.07) is 5.70. The maximum absolute atomic E-state index is 6.01. The SMILES string of the molecule is Cc1nc(-c2cc(Cl)ccc2Br)sc1C(C)N. The molecule has 0 bridgehead atoms. The van der Waals surface area contributed by atoms with E-state index in [2.05, 4.69) is 20.9 Å². The van der Waals surface area contributed by atoms with Crippen LogP contribution in [0.4, 0.5) is 0 Å². The maximum atomic E-state index is 6.01. The van der Waals surface area contributed by atoms with Gasteiger partial charge in [0.05, 0.1) is 5.69 Å². The Morgan fingerprint density at radius 1 is 1.47 bits per heavy atom. The van der Waals surface area contributed by atoms with Gasteiger partial charge >= 0.3 is 0 Å². The predicted molar refractivity (Wildman–Crippen MR) is 77.6 cm³/mol. The summed E-state index contributed by atoms with van der Waals surface area (Å²) in [6.07, 6.45) is 0. The molecule has 0 saturated carbocycles. The molecule has 2 rings (SSSR count). The monoisotopic (exact) mass is 330 g/mol. The number of thiazole rings is 1. The van der Waals surface area contributed by atoms with Crippen LogP contribution in [0.3, 0.4) is 0 Å². The third kappa shape index (κ3) is 2.71. The Morgan fingerprint density at radius 3 is 2.76 bits per heavy atom. The Morgan fingerprint density at radius 2 is 2.18 bits per heavy atom. The third-order valence-electron chi connectivity index (χ3n) is 2.40. The summed E-state index contributed by atoms with van der Waals surface area (Å²) in [7, 11) is 0. The Kier molecular flexibility index (Phi) is 3.88. The lowest BCUT2D eigenvalue weighted by atomic mass is 10.2. The van der Waals surface area contributed by atoms with Crippen molar-refractivity contribution in [3.05, 3.63) is 38.3 Å². The predicted octanol–water partition coefficient (Wildman–Crippen LogP) is 4.55. The largest absolute Gasteiger partial charge is 0.323 e. The summed E-state index contributed by atoms with van der Waals surface area (Å²) >= 11 is 11.1. The number of aromatic nitrogens is 1. The van der Waals surface area contributed by atoms with Crippen LogP contribution < -0.4 is 5.73 Å². The van der Waals surface area contributed by atoms with E-state index in [1.54, 1.807) is 11.3 Å². The van der Waals surface area contributed by atoms with Crippen LogP contribution in [0.2, 0.25) is 5.02 Å². The van der Waals surface area contributed by atoms with E-state index in [0.29, 0.717) is 5.02 Å². The van der Waals surface area contributed by atoms with Crippen molar-refractivity contribution in [1.29, 1.82) is 0 Å². The molecule has 2 aromatic rings. The van der Waals surface area contributed by atoms with Crippen LogP contribution in [0.25, 0.3) is 10.6 Å². The van der Waals surface area contributed by atoms with E-state index in [1.807, 2.05) is 32.0 Å². The fraction of sp³-hybridized carbons (Fsp3) is 0.250. The van der Waals surface area contributed by atoms with E-state index >= 15 is 0 Å². The van der Waals surface area contributed by atoms with Gasteiger partial charge in [-0.05, 0) is 32.0 Å². The summed E-state index contributed by atoms with van der Waals surface area (Å²) in [5.74, 6) is 0. The smallest absolute Gasteiger partial charge is 0.125 e. The first kappa shape index (κ1) is 13.0. The summed E-state index contributed by atoms with van der Waals surface area (Å²) in [4.78, 5) is 5.67. The van der Waals surface area contributed by atoms with Crippen molar-refractivity contribution >= 4 is 38.9 Å². The topological polar surface area (TPSA) is 38.9 Å². The van der Waals surface area contributed by atoms with Crippen LogP contribution in [0.15, 0.2) is 22.7 Å². The highest BCUT2D eigenvalue weighted by atomic mass is 79.9. The number of rotatable bonds is 2. The van der Waals surface area contributed by atoms with Gasteiger partial charge in [0.1, 0.15) is 5.01 Å². The number of aryl methyl sites for hydroxylation is 1. The van der Waals surface area contributed by atoms with Crippen LogP contribution in [-0.4, -0.2) is 4.98 Å². The van der Waals surface area contributed by atoms with Gasteiger partial charge in [-0.1, -0.05) is 27.5 Å². The van der Waals surface area contributed by atoms with E-state index in [9.17, 15) is 0 Å². The van der Waals surface area contributed by atoms with E-state index in [4.69, 9.17) is 17.3 Å². The van der Waals surface area contributed by atoms with E-state index in [1.165, 1.54) is 0 Å². The second-order valence-electron chi connectivity index (χ2n) is 3.88. The number of hydrogen-bond acceptors (Lipinski definition) is 3. The third-order valence-corrected chi connectivity index (χ3v) is 4.72. The zero-order chi connectivity index (χ0) is 12.6. The molecule has 0 aliphatic carbocycles. The van der Waals surface area contributed by atoms with Crippen LogP contribution in [0.1, 0.15) is 23.5 Å². The molecule has 0 fully saturated rings. The highest BCUT2D eigenvalue weighted by Crippen LogP contribution is 2.36. The maximum Gasteiger partial charge on any atom is 0.125 e. The molecule has 1 aromatic heterocycles. The van der Waals surface area contributed by atoms with Gasteiger partial charge in [-0.25, -0.2) is 4.98 Å². The molecular formula is C12H12BrClN2S. The summed E-state index contributed by atoms with van der Waals surface area (Å²) in [6.45, 7) is 3.95. The van der Waals surface area contributed by atoms with Gasteiger partial charge in [-0.15, -0.1) is 11.3 Å². The number of hydrogen-bond donors (Lipinski definition) is 1. The zero-order valence-corrected chi connectivity index (χ0v) is 12.7. The average molecular weight is 332 g/mol. The standard InChI is InChI=1S/C12H12BrClN2S/c1-6(15)11-7(2)16-12(17-11)9-5-8(14)3-4-10(9)13/h3-6H,15H2,1-2H3. The molecule has 1 atom stereocenters. The summed E-state index contributed by atoms with van der Waals surface area (Å²) in [5, 5.41) is 1.66. The minimum absolute atomic E-state index is 0.0132. The first-order valence-corrected chi connectivity index (χ1v) is 7.16. The highest BCUT2D eigenvalue weighted by molar-refractivity contribution is 9.10. The minimum atomic E-state index is 0.0132. The lowest BCUT2D eigenvalue weighted by molar-refractivity contribution is 0.825. The molecule has 5 heteroatoms. The average Bonchev–Trinajstić information content (AvgIpc) is 2.64. The fourth-order valence-corrected chi connectivity index (χ4v) is 3.39. The van der Waals surface area contributed by atoms with Gasteiger partial charge in [-0.3, -0.25) is 0 Å². The van der Waals surface area contributed by atoms with Gasteiger partial charge in [0.15, 0.2) is 0 Å². The number of nitrogens with two attached hydrogens (primary N) is 1. The molecule has 0 amide bonds. The van der Waals surface area contributed by atoms with Crippen molar-refractivity contribution in [2.45, 2.75) is 19.9 Å². The number of benzene rings is 1. The first-order valence-electron chi connectivity index (χ1n) is 5.17. The van der Waals surface area contributed by atoms with Crippen LogP contribution >= 0.6 is 38.9 Å². The lowest BCUT2D eigenvalue weighted by Crippen LogP contribution is -2.03. The fourth-order valence-electron chi connectivity index (χ4n) is 1.61. The van der Waals surface area contributed by atoms with Gasteiger partial charge in [-0.2, -0.15) is 0 Å². The van der Waals surface area contributed by atoms with Crippen molar-refractivity contribution in [3.8, 4) is 10.6 Å². The van der Waals surface area contributed by atoms with Crippen LogP contribution in [-0.2, 0) is 0 Å². The molecule has 1 aromatic carbocycles. The van der Waals surface area contributed by atoms with E-state index in [-0.39, 0.29) is 6.04 Å². The first-order chi connectivity index (χ1) is 7.99. The molecule has 1 heterocycles. The molecule has 2 nitrogen and oxygen atoms in total. The van der Waals surface area contributed by atoms with Gasteiger partial charge in [0.2, 0.25) is 0 Å². The summed E-state index contributed by atoms with van der Waals surface area (Å²) < 4.78 is 0.992. The Labute approximate surface area is 118 Å². The molecule has 1 unspecified atom stereocenters. The lowest BCUT2D eigenvalue weighted by Gasteiger charge is -2.01. The van der Waals surface area contributed by atoms with Gasteiger partial charge < -0.3 is 5.73 Å². The Balaban J connectivity index is 2.53. The van der Waals surface area contributed by atoms with E-state index < -0.39 is 0 Å². The van der Waals surface area contributed by atoms with Gasteiger partial charge in [0, 0.05) is 26.0 Å². The minimum Gasteiger partial charge on any atom is -0.323 e. The molecule has 0 aliphatic heterocycles. The van der Waals surface area contributed by atoms with Crippen molar-refractivity contribution in [1.82, 2.24) is 4.98 Å². The normalized spacial score (nSPS) is 12.8. The van der Waals surface area contributed by atoms with Crippen molar-refractivity contribution in [2.75, 3.05) is 0 Å². The quantitative estimate of drug-likeness (QED) is 0.876. The van der Waals surface area contributed by atoms with Crippen molar-refractivity contribution < 1.29 is 0 Å². The molecule has 0 radical (unpaired) electrons. The highest BCUT2D eigenvalue weighted by Gasteiger charge is 2.14. The molecule has 90 valence electrons. The second kappa shape index (κ2) is 5.06. The molecule has 0 spiro atoms. The Hall–Kier alpha value is -0.420. The summed E-state index contributed by atoms with van der Waals surface area (Å²) in [5.41, 5.74) is 7.91. The molecule has 0 aliphatic rings. The van der Waals surface area contributed by atoms with Crippen LogP contribution in [0, 0.1) is 6.92 Å². The van der Waals surface area contributed by atoms with Crippen molar-refractivity contribution in [2.24, 2.45) is 5.73 Å². The van der Waals surface area contributed by atoms with Crippen molar-refractivity contribution in [3.63, 3.8) is 0 Å². The van der Waals surface area contributed by atoms with Gasteiger partial charge in [0.25, 0.3) is 0 Å².